The lowest BCUT2D eigenvalue weighted by molar-refractivity contribution is 0.0320. The summed E-state index contributed by atoms with van der Waals surface area (Å²) in [6.07, 6.45) is -0.338. The van der Waals surface area contributed by atoms with Gasteiger partial charge in [0, 0.05) is 20.8 Å². The maximum Gasteiger partial charge on any atom is 0.252 e. The largest absolute Gasteiger partial charge is 0.382 e. The first-order chi connectivity index (χ1) is 8.40. The number of rotatable bonds is 7. The molecule has 1 aromatic heterocycles. The molecule has 0 saturated carbocycles. The van der Waals surface area contributed by atoms with Crippen molar-refractivity contribution in [2.24, 2.45) is 0 Å². The molecule has 0 saturated heterocycles. The van der Waals surface area contributed by atoms with E-state index in [1.165, 1.54) is 14.2 Å². The number of thiazole rings is 1. The van der Waals surface area contributed by atoms with E-state index in [1.54, 1.807) is 6.92 Å². The van der Waals surface area contributed by atoms with Gasteiger partial charge in [0.1, 0.15) is 0 Å². The Morgan fingerprint density at radius 2 is 2.17 bits per heavy atom. The lowest BCUT2D eigenvalue weighted by Gasteiger charge is -2.14. The molecule has 1 heterocycles. The van der Waals surface area contributed by atoms with Crippen molar-refractivity contribution in [1.29, 1.82) is 0 Å². The molecule has 104 valence electrons. The van der Waals surface area contributed by atoms with Crippen molar-refractivity contribution in [2.45, 2.75) is 17.2 Å². The minimum Gasteiger partial charge on any atom is -0.382 e. The molecule has 9 heteroatoms. The minimum absolute atomic E-state index is 0.129. The second kappa shape index (κ2) is 6.43. The predicted octanol–water partition coefficient (Wildman–Crippen LogP) is -0.0266. The number of hydrogen-bond donors (Lipinski definition) is 2. The Balaban J connectivity index is 2.74. The smallest absolute Gasteiger partial charge is 0.252 e. The summed E-state index contributed by atoms with van der Waals surface area (Å²) >= 11 is 0.938. The molecule has 0 aromatic carbocycles. The Morgan fingerprint density at radius 1 is 1.50 bits per heavy atom. The van der Waals surface area contributed by atoms with E-state index in [1.807, 2.05) is 0 Å². The fourth-order valence-electron chi connectivity index (χ4n) is 1.32. The Hall–Kier alpha value is -0.740. The molecule has 1 aromatic rings. The summed E-state index contributed by atoms with van der Waals surface area (Å²) < 4.78 is 36.5. The first-order valence-electron chi connectivity index (χ1n) is 5.15. The van der Waals surface area contributed by atoms with Crippen LogP contribution in [0.25, 0.3) is 0 Å². The highest BCUT2D eigenvalue weighted by atomic mass is 32.2. The van der Waals surface area contributed by atoms with E-state index < -0.39 is 10.0 Å². The van der Waals surface area contributed by atoms with Crippen molar-refractivity contribution in [1.82, 2.24) is 9.71 Å². The standard InChI is InChI=1S/C9H17N3O4S2/c1-6-8(17-9(10)12-6)18(13,14)11-4-7(16-3)5-15-2/h7,11H,4-5H2,1-3H3,(H2,10,12). The summed E-state index contributed by atoms with van der Waals surface area (Å²) in [7, 11) is -0.587. The highest BCUT2D eigenvalue weighted by Gasteiger charge is 2.22. The van der Waals surface area contributed by atoms with Crippen LogP contribution in [0.15, 0.2) is 4.21 Å². The van der Waals surface area contributed by atoms with Gasteiger partial charge in [-0.05, 0) is 6.92 Å². The van der Waals surface area contributed by atoms with Crippen LogP contribution in [0.2, 0.25) is 0 Å². The Labute approximate surface area is 110 Å². The molecule has 0 amide bonds. The Kier molecular flexibility index (Phi) is 5.47. The van der Waals surface area contributed by atoms with Gasteiger partial charge in [0.05, 0.1) is 18.4 Å². The normalized spacial score (nSPS) is 13.7. The van der Waals surface area contributed by atoms with Crippen LogP contribution in [0, 0.1) is 6.92 Å². The number of aromatic nitrogens is 1. The van der Waals surface area contributed by atoms with Crippen LogP contribution in [0.5, 0.6) is 0 Å². The van der Waals surface area contributed by atoms with E-state index in [0.717, 1.165) is 11.3 Å². The number of ether oxygens (including phenoxy) is 2. The van der Waals surface area contributed by atoms with Gasteiger partial charge < -0.3 is 15.2 Å². The van der Waals surface area contributed by atoms with Crippen molar-refractivity contribution in [3.63, 3.8) is 0 Å². The van der Waals surface area contributed by atoms with E-state index >= 15 is 0 Å². The number of methoxy groups -OCH3 is 2. The number of hydrogen-bond acceptors (Lipinski definition) is 7. The minimum atomic E-state index is -3.60. The van der Waals surface area contributed by atoms with E-state index in [2.05, 4.69) is 9.71 Å². The van der Waals surface area contributed by atoms with Crippen molar-refractivity contribution in [3.05, 3.63) is 5.69 Å². The van der Waals surface area contributed by atoms with Crippen LogP contribution in [-0.2, 0) is 19.5 Å². The second-order valence-electron chi connectivity index (χ2n) is 3.59. The third kappa shape index (κ3) is 3.89. The molecule has 0 spiro atoms. The third-order valence-corrected chi connectivity index (χ3v) is 5.22. The molecule has 0 aliphatic heterocycles. The maximum atomic E-state index is 12.0. The van der Waals surface area contributed by atoms with Gasteiger partial charge in [0.2, 0.25) is 0 Å². The molecule has 7 nitrogen and oxygen atoms in total. The molecule has 0 aliphatic rings. The van der Waals surface area contributed by atoms with Gasteiger partial charge in [-0.3, -0.25) is 0 Å². The van der Waals surface area contributed by atoms with Gasteiger partial charge in [0.25, 0.3) is 10.0 Å². The highest BCUT2D eigenvalue weighted by Crippen LogP contribution is 2.24. The van der Waals surface area contributed by atoms with E-state index in [0.29, 0.717) is 12.3 Å². The summed E-state index contributed by atoms with van der Waals surface area (Å²) in [5, 5.41) is 0.230. The summed E-state index contributed by atoms with van der Waals surface area (Å²) in [5.74, 6) is 0. The molecule has 0 fully saturated rings. The average Bonchev–Trinajstić information content (AvgIpc) is 2.64. The number of aryl methyl sites for hydroxylation is 1. The number of sulfonamides is 1. The fraction of sp³-hybridized carbons (Fsp3) is 0.667. The molecular weight excluding hydrogens is 278 g/mol. The number of nitrogen functional groups attached to an aromatic ring is 1. The zero-order valence-electron chi connectivity index (χ0n) is 10.5. The number of nitrogens with one attached hydrogen (secondary N) is 1. The first-order valence-corrected chi connectivity index (χ1v) is 7.45. The van der Waals surface area contributed by atoms with Crippen molar-refractivity contribution in [3.8, 4) is 0 Å². The quantitative estimate of drug-likeness (QED) is 0.732. The first kappa shape index (κ1) is 15.3. The van der Waals surface area contributed by atoms with Crippen molar-refractivity contribution >= 4 is 26.5 Å². The van der Waals surface area contributed by atoms with Crippen molar-refractivity contribution in [2.75, 3.05) is 33.1 Å². The van der Waals surface area contributed by atoms with Gasteiger partial charge in [-0.15, -0.1) is 0 Å². The van der Waals surface area contributed by atoms with Gasteiger partial charge >= 0.3 is 0 Å². The summed E-state index contributed by atoms with van der Waals surface area (Å²) in [6, 6.07) is 0. The second-order valence-corrected chi connectivity index (χ2v) is 6.58. The maximum absolute atomic E-state index is 12.0. The van der Waals surface area contributed by atoms with E-state index in [4.69, 9.17) is 15.2 Å². The van der Waals surface area contributed by atoms with Crippen LogP contribution in [0.3, 0.4) is 0 Å². The zero-order valence-corrected chi connectivity index (χ0v) is 12.1. The topological polar surface area (TPSA) is 104 Å². The highest BCUT2D eigenvalue weighted by molar-refractivity contribution is 7.91. The Bertz CT molecular complexity index is 486. The van der Waals surface area contributed by atoms with Gasteiger partial charge in [-0.2, -0.15) is 0 Å². The molecule has 1 unspecified atom stereocenters. The predicted molar refractivity (Wildman–Crippen MR) is 69.1 cm³/mol. The van der Waals surface area contributed by atoms with Crippen molar-refractivity contribution < 1.29 is 17.9 Å². The third-order valence-electron chi connectivity index (χ3n) is 2.20. The van der Waals surface area contributed by atoms with Crippen LogP contribution >= 0.6 is 11.3 Å². The van der Waals surface area contributed by atoms with Gasteiger partial charge in [-0.25, -0.2) is 18.1 Å². The van der Waals surface area contributed by atoms with Crippen LogP contribution in [-0.4, -0.2) is 46.9 Å². The lowest BCUT2D eigenvalue weighted by Crippen LogP contribution is -2.35. The molecule has 0 bridgehead atoms. The lowest BCUT2D eigenvalue weighted by atomic mass is 10.4. The monoisotopic (exact) mass is 295 g/mol. The van der Waals surface area contributed by atoms with Crippen LogP contribution in [0.4, 0.5) is 5.13 Å². The number of nitrogens with two attached hydrogens (primary N) is 1. The van der Waals surface area contributed by atoms with Gasteiger partial charge in [0.15, 0.2) is 9.34 Å². The number of anilines is 1. The molecule has 18 heavy (non-hydrogen) atoms. The number of nitrogens with zero attached hydrogens (tertiary/aromatic N) is 1. The SMILES string of the molecule is COCC(CNS(=O)(=O)c1sc(N)nc1C)OC. The summed E-state index contributed by atoms with van der Waals surface area (Å²) in [5.41, 5.74) is 5.87. The molecular formula is C9H17N3O4S2. The average molecular weight is 295 g/mol. The molecule has 3 N–H and O–H groups in total. The molecule has 0 aliphatic carbocycles. The van der Waals surface area contributed by atoms with E-state index in [9.17, 15) is 8.42 Å². The summed E-state index contributed by atoms with van der Waals surface area (Å²) in [4.78, 5) is 3.88. The fourth-order valence-corrected chi connectivity index (χ4v) is 3.72. The summed E-state index contributed by atoms with van der Waals surface area (Å²) in [6.45, 7) is 2.04. The van der Waals surface area contributed by atoms with Crippen LogP contribution in [0.1, 0.15) is 5.69 Å². The molecule has 1 rings (SSSR count). The van der Waals surface area contributed by atoms with Crippen LogP contribution < -0.4 is 10.5 Å². The Morgan fingerprint density at radius 3 is 2.61 bits per heavy atom. The van der Waals surface area contributed by atoms with E-state index in [-0.39, 0.29) is 22.0 Å². The molecule has 1 atom stereocenters. The van der Waals surface area contributed by atoms with Gasteiger partial charge in [-0.1, -0.05) is 11.3 Å². The zero-order chi connectivity index (χ0) is 13.8. The molecule has 0 radical (unpaired) electrons.